The molecule has 2 N–H and O–H groups in total. The van der Waals surface area contributed by atoms with Crippen LogP contribution in [0.4, 0.5) is 0 Å². The third-order valence-electron chi connectivity index (χ3n) is 2.76. The van der Waals surface area contributed by atoms with Crippen LogP contribution in [0.2, 0.25) is 0 Å². The number of amides is 1. The lowest BCUT2D eigenvalue weighted by Crippen LogP contribution is -2.31. The molecule has 6 heteroatoms. The van der Waals surface area contributed by atoms with E-state index in [9.17, 15) is 9.90 Å². The van der Waals surface area contributed by atoms with Gasteiger partial charge < -0.3 is 14.8 Å². The van der Waals surface area contributed by atoms with E-state index in [0.29, 0.717) is 5.76 Å². The Morgan fingerprint density at radius 3 is 2.89 bits per heavy atom. The summed E-state index contributed by atoms with van der Waals surface area (Å²) >= 11 is 4.90. The maximum atomic E-state index is 12.0. The summed E-state index contributed by atoms with van der Waals surface area (Å²) in [4.78, 5) is 12.9. The minimum absolute atomic E-state index is 0.111. The van der Waals surface area contributed by atoms with Crippen LogP contribution in [0, 0.1) is 0 Å². The molecule has 102 valence electrons. The Kier molecular flexibility index (Phi) is 4.79. The summed E-state index contributed by atoms with van der Waals surface area (Å²) < 4.78 is 6.07. The van der Waals surface area contributed by atoms with Crippen LogP contribution in [-0.2, 0) is 4.79 Å². The van der Waals surface area contributed by atoms with Crippen molar-refractivity contribution in [3.8, 4) is 0 Å². The lowest BCUT2D eigenvalue weighted by molar-refractivity contribution is -0.122. The number of nitrogens with one attached hydrogen (secondary N) is 1. The Morgan fingerprint density at radius 2 is 2.32 bits per heavy atom. The average Bonchev–Trinajstić information content (AvgIpc) is 3.05. The quantitative estimate of drug-likeness (QED) is 0.876. The van der Waals surface area contributed by atoms with Crippen LogP contribution in [0.5, 0.6) is 0 Å². The summed E-state index contributed by atoms with van der Waals surface area (Å²) in [6, 6.07) is 7.21. The molecule has 0 aliphatic rings. The van der Waals surface area contributed by atoms with Gasteiger partial charge in [-0.3, -0.25) is 4.79 Å². The zero-order valence-corrected chi connectivity index (χ0v) is 12.7. The van der Waals surface area contributed by atoms with Crippen LogP contribution in [-0.4, -0.2) is 17.6 Å². The molecule has 1 amide bonds. The van der Waals surface area contributed by atoms with Crippen molar-refractivity contribution in [2.45, 2.75) is 18.9 Å². The van der Waals surface area contributed by atoms with Gasteiger partial charge in [-0.25, -0.2) is 0 Å². The summed E-state index contributed by atoms with van der Waals surface area (Å²) in [7, 11) is 0. The van der Waals surface area contributed by atoms with E-state index in [4.69, 9.17) is 4.42 Å². The Labute approximate surface area is 123 Å². The molecule has 0 saturated carbocycles. The van der Waals surface area contributed by atoms with E-state index in [-0.39, 0.29) is 18.4 Å². The largest absolute Gasteiger partial charge is 0.467 e. The molecule has 0 aliphatic carbocycles. The lowest BCUT2D eigenvalue weighted by Gasteiger charge is -2.13. The molecular weight excluding hydrogens is 330 g/mol. The molecule has 0 bridgehead atoms. The van der Waals surface area contributed by atoms with Crippen molar-refractivity contribution in [1.29, 1.82) is 0 Å². The van der Waals surface area contributed by atoms with E-state index in [1.165, 1.54) is 17.6 Å². The summed E-state index contributed by atoms with van der Waals surface area (Å²) in [5.74, 6) is 0.104. The van der Waals surface area contributed by atoms with Crippen LogP contribution >= 0.6 is 27.3 Å². The molecule has 4 nitrogen and oxygen atoms in total. The molecule has 0 aliphatic heterocycles. The number of hydrogen-bond acceptors (Lipinski definition) is 4. The average molecular weight is 344 g/mol. The third-order valence-corrected chi connectivity index (χ3v) is 4.56. The minimum atomic E-state index is -0.818. The number of aliphatic hydroxyl groups is 1. The number of aliphatic hydroxyl groups excluding tert-OH is 1. The van der Waals surface area contributed by atoms with Crippen LogP contribution in [0.1, 0.15) is 29.6 Å². The van der Waals surface area contributed by atoms with Crippen LogP contribution < -0.4 is 5.32 Å². The Hall–Kier alpha value is -1.11. The summed E-state index contributed by atoms with van der Waals surface area (Å²) in [6.07, 6.45) is 0.674. The molecule has 0 fully saturated rings. The SMILES string of the molecule is C[C@@H](C(=O)NC[C@@H](O)c1ccco1)c1ccc(Br)s1. The molecule has 0 radical (unpaired) electrons. The molecule has 0 spiro atoms. The van der Waals surface area contributed by atoms with Crippen molar-refractivity contribution in [2.75, 3.05) is 6.54 Å². The molecular formula is C13H14BrNO3S. The zero-order valence-electron chi connectivity index (χ0n) is 10.3. The van der Waals surface area contributed by atoms with Gasteiger partial charge in [0.05, 0.1) is 22.5 Å². The van der Waals surface area contributed by atoms with E-state index in [0.717, 1.165) is 8.66 Å². The fourth-order valence-electron chi connectivity index (χ4n) is 1.62. The second-order valence-corrected chi connectivity index (χ2v) is 6.63. The molecule has 2 aromatic heterocycles. The first-order valence-corrected chi connectivity index (χ1v) is 7.43. The van der Waals surface area contributed by atoms with Crippen LogP contribution in [0.15, 0.2) is 38.7 Å². The van der Waals surface area contributed by atoms with Crippen molar-refractivity contribution >= 4 is 33.2 Å². The maximum absolute atomic E-state index is 12.0. The van der Waals surface area contributed by atoms with Gasteiger partial charge in [-0.15, -0.1) is 11.3 Å². The molecule has 19 heavy (non-hydrogen) atoms. The smallest absolute Gasteiger partial charge is 0.228 e. The number of rotatable bonds is 5. The highest BCUT2D eigenvalue weighted by atomic mass is 79.9. The van der Waals surface area contributed by atoms with Gasteiger partial charge in [-0.1, -0.05) is 0 Å². The standard InChI is InChI=1S/C13H14BrNO3S/c1-8(11-4-5-12(14)19-11)13(17)15-7-9(16)10-3-2-6-18-10/h2-6,8-9,16H,7H2,1H3,(H,15,17)/t8-,9-/m1/s1. The fraction of sp³-hybridized carbons (Fsp3) is 0.308. The third kappa shape index (κ3) is 3.68. The van der Waals surface area contributed by atoms with Crippen molar-refractivity contribution in [1.82, 2.24) is 5.32 Å². The van der Waals surface area contributed by atoms with Gasteiger partial charge in [0.1, 0.15) is 11.9 Å². The molecule has 0 aromatic carbocycles. The van der Waals surface area contributed by atoms with Gasteiger partial charge in [0.15, 0.2) is 0 Å². The second-order valence-electron chi connectivity index (χ2n) is 4.14. The fourth-order valence-corrected chi connectivity index (χ4v) is 3.10. The monoisotopic (exact) mass is 343 g/mol. The normalized spacial score (nSPS) is 14.1. The number of thiophene rings is 1. The van der Waals surface area contributed by atoms with E-state index >= 15 is 0 Å². The first kappa shape index (κ1) is 14.3. The molecule has 0 unspecified atom stereocenters. The highest BCUT2D eigenvalue weighted by Crippen LogP contribution is 2.28. The van der Waals surface area contributed by atoms with Crippen LogP contribution in [0.3, 0.4) is 0 Å². The highest BCUT2D eigenvalue weighted by Gasteiger charge is 2.18. The number of carbonyl (C=O) groups is 1. The molecule has 2 aromatic rings. The molecule has 2 atom stereocenters. The van der Waals surface area contributed by atoms with Crippen LogP contribution in [0.25, 0.3) is 0 Å². The molecule has 2 rings (SSSR count). The molecule has 0 saturated heterocycles. The van der Waals surface area contributed by atoms with E-state index in [1.807, 2.05) is 19.1 Å². The Bertz CT molecular complexity index is 538. The predicted octanol–water partition coefficient (Wildman–Crippen LogP) is 3.06. The van der Waals surface area contributed by atoms with Crippen molar-refractivity contribution in [3.63, 3.8) is 0 Å². The first-order valence-electron chi connectivity index (χ1n) is 5.82. The molecule has 2 heterocycles. The lowest BCUT2D eigenvalue weighted by atomic mass is 10.1. The number of hydrogen-bond donors (Lipinski definition) is 2. The summed E-state index contributed by atoms with van der Waals surface area (Å²) in [5.41, 5.74) is 0. The maximum Gasteiger partial charge on any atom is 0.228 e. The number of halogens is 1. The number of carbonyl (C=O) groups excluding carboxylic acids is 1. The van der Waals surface area contributed by atoms with Crippen molar-refractivity contribution < 1.29 is 14.3 Å². The second kappa shape index (κ2) is 6.36. The van der Waals surface area contributed by atoms with Gasteiger partial charge in [-0.2, -0.15) is 0 Å². The zero-order chi connectivity index (χ0) is 13.8. The number of furan rings is 1. The summed E-state index contributed by atoms with van der Waals surface area (Å²) in [5, 5.41) is 12.5. The van der Waals surface area contributed by atoms with E-state index in [1.54, 1.807) is 12.1 Å². The van der Waals surface area contributed by atoms with Gasteiger partial charge in [0.25, 0.3) is 0 Å². The van der Waals surface area contributed by atoms with Crippen molar-refractivity contribution in [3.05, 3.63) is 45.0 Å². The van der Waals surface area contributed by atoms with Gasteiger partial charge in [0, 0.05) is 4.88 Å². The summed E-state index contributed by atoms with van der Waals surface area (Å²) in [6.45, 7) is 1.98. The van der Waals surface area contributed by atoms with Gasteiger partial charge in [-0.05, 0) is 47.1 Å². The minimum Gasteiger partial charge on any atom is -0.467 e. The van der Waals surface area contributed by atoms with Gasteiger partial charge >= 0.3 is 0 Å². The Morgan fingerprint density at radius 1 is 1.53 bits per heavy atom. The van der Waals surface area contributed by atoms with E-state index in [2.05, 4.69) is 21.2 Å². The van der Waals surface area contributed by atoms with Gasteiger partial charge in [0.2, 0.25) is 5.91 Å². The highest BCUT2D eigenvalue weighted by molar-refractivity contribution is 9.11. The Balaban J connectivity index is 1.87. The predicted molar refractivity (Wildman–Crippen MR) is 77.1 cm³/mol. The van der Waals surface area contributed by atoms with E-state index < -0.39 is 6.10 Å². The van der Waals surface area contributed by atoms with Crippen molar-refractivity contribution in [2.24, 2.45) is 0 Å². The first-order chi connectivity index (χ1) is 9.08. The topological polar surface area (TPSA) is 62.5 Å².